The summed E-state index contributed by atoms with van der Waals surface area (Å²) in [6.45, 7) is 0. The van der Waals surface area contributed by atoms with Crippen LogP contribution in [0.5, 0.6) is 5.75 Å². The summed E-state index contributed by atoms with van der Waals surface area (Å²) in [5, 5.41) is 18.0. The van der Waals surface area contributed by atoms with E-state index in [1.807, 2.05) is 6.07 Å². The van der Waals surface area contributed by atoms with Crippen molar-refractivity contribution >= 4 is 5.97 Å². The smallest absolute Gasteiger partial charge is 0.303 e. The summed E-state index contributed by atoms with van der Waals surface area (Å²) >= 11 is 0. The number of benzene rings is 1. The Bertz CT molecular complexity index is 371. The van der Waals surface area contributed by atoms with Gasteiger partial charge >= 0.3 is 5.97 Å². The van der Waals surface area contributed by atoms with E-state index in [1.165, 1.54) is 0 Å². The average Bonchev–Trinajstić information content (AvgIpc) is 2.47. The maximum atomic E-state index is 10.6. The molecule has 2 N–H and O–H groups in total. The topological polar surface area (TPSA) is 57.5 Å². The Kier molecular flexibility index (Phi) is 2.15. The molecule has 0 aliphatic heterocycles. The number of carboxylic acids is 1. The third kappa shape index (κ3) is 1.58. The van der Waals surface area contributed by atoms with Gasteiger partial charge in [-0.1, -0.05) is 6.07 Å². The molecule has 1 aromatic carbocycles. The van der Waals surface area contributed by atoms with Crippen molar-refractivity contribution in [3.8, 4) is 5.75 Å². The number of hydrogen-bond donors (Lipinski definition) is 2. The molecular weight excluding hydrogens is 180 g/mol. The van der Waals surface area contributed by atoms with Crippen molar-refractivity contribution < 1.29 is 15.0 Å². The molecule has 3 nitrogen and oxygen atoms in total. The van der Waals surface area contributed by atoms with Gasteiger partial charge in [0, 0.05) is 0 Å². The number of phenols is 1. The second-order valence-electron chi connectivity index (χ2n) is 3.72. The minimum absolute atomic E-state index is 0.128. The lowest BCUT2D eigenvalue weighted by Crippen LogP contribution is -2.02. The van der Waals surface area contributed by atoms with Crippen LogP contribution in [-0.2, 0) is 11.2 Å². The first-order valence-electron chi connectivity index (χ1n) is 4.70. The van der Waals surface area contributed by atoms with Gasteiger partial charge in [-0.2, -0.15) is 0 Å². The lowest BCUT2D eigenvalue weighted by molar-refractivity contribution is -0.137. The summed E-state index contributed by atoms with van der Waals surface area (Å²) in [5.74, 6) is -0.362. The molecule has 0 spiro atoms. The SMILES string of the molecule is O=C(O)C[C@@H]1CCc2cc(O)ccc21. The zero-order valence-electron chi connectivity index (χ0n) is 7.73. The van der Waals surface area contributed by atoms with Crippen molar-refractivity contribution in [3.05, 3.63) is 29.3 Å². The molecule has 1 aromatic rings. The van der Waals surface area contributed by atoms with E-state index < -0.39 is 5.97 Å². The normalized spacial score (nSPS) is 19.3. The fraction of sp³-hybridized carbons (Fsp3) is 0.364. The van der Waals surface area contributed by atoms with E-state index in [0.29, 0.717) is 0 Å². The fourth-order valence-corrected chi connectivity index (χ4v) is 2.11. The Labute approximate surface area is 82.0 Å². The van der Waals surface area contributed by atoms with Crippen LogP contribution in [0.1, 0.15) is 29.9 Å². The van der Waals surface area contributed by atoms with E-state index >= 15 is 0 Å². The molecule has 74 valence electrons. The van der Waals surface area contributed by atoms with Gasteiger partial charge in [-0.05, 0) is 42.0 Å². The van der Waals surface area contributed by atoms with Gasteiger partial charge in [-0.15, -0.1) is 0 Å². The van der Waals surface area contributed by atoms with Crippen LogP contribution in [0.15, 0.2) is 18.2 Å². The van der Waals surface area contributed by atoms with Crippen molar-refractivity contribution in [2.75, 3.05) is 0 Å². The molecule has 3 heteroatoms. The highest BCUT2D eigenvalue weighted by Crippen LogP contribution is 2.36. The van der Waals surface area contributed by atoms with Crippen LogP contribution in [-0.4, -0.2) is 16.2 Å². The number of aromatic hydroxyl groups is 1. The van der Waals surface area contributed by atoms with Crippen molar-refractivity contribution in [3.63, 3.8) is 0 Å². The van der Waals surface area contributed by atoms with Gasteiger partial charge < -0.3 is 10.2 Å². The number of aliphatic carboxylic acids is 1. The molecular formula is C11H12O3. The largest absolute Gasteiger partial charge is 0.508 e. The standard InChI is InChI=1S/C11H12O3/c12-9-3-4-10-7(5-9)1-2-8(10)6-11(13)14/h3-5,8,12H,1-2,6H2,(H,13,14)/t8-/m0/s1. The summed E-state index contributed by atoms with van der Waals surface area (Å²) in [7, 11) is 0. The number of carbonyl (C=O) groups is 1. The van der Waals surface area contributed by atoms with Gasteiger partial charge in [0.2, 0.25) is 0 Å². The highest BCUT2D eigenvalue weighted by Gasteiger charge is 2.24. The van der Waals surface area contributed by atoms with E-state index in [0.717, 1.165) is 24.0 Å². The number of fused-ring (bicyclic) bond motifs is 1. The molecule has 0 saturated carbocycles. The summed E-state index contributed by atoms with van der Waals surface area (Å²) in [6.07, 6.45) is 1.95. The summed E-state index contributed by atoms with van der Waals surface area (Å²) < 4.78 is 0. The van der Waals surface area contributed by atoms with Crippen molar-refractivity contribution in [2.45, 2.75) is 25.2 Å². The van der Waals surface area contributed by atoms with Gasteiger partial charge in [0.25, 0.3) is 0 Å². The van der Waals surface area contributed by atoms with Crippen LogP contribution in [0.3, 0.4) is 0 Å². The molecule has 14 heavy (non-hydrogen) atoms. The van der Waals surface area contributed by atoms with Crippen LogP contribution in [0.25, 0.3) is 0 Å². The number of aryl methyl sites for hydroxylation is 1. The first kappa shape index (κ1) is 9.06. The van der Waals surface area contributed by atoms with Crippen molar-refractivity contribution in [1.29, 1.82) is 0 Å². The van der Waals surface area contributed by atoms with Crippen molar-refractivity contribution in [2.24, 2.45) is 0 Å². The summed E-state index contributed by atoms with van der Waals surface area (Å²) in [4.78, 5) is 10.6. The maximum absolute atomic E-state index is 10.6. The van der Waals surface area contributed by atoms with Gasteiger partial charge in [0.1, 0.15) is 5.75 Å². The van der Waals surface area contributed by atoms with E-state index in [2.05, 4.69) is 0 Å². The minimum atomic E-state index is -0.754. The van der Waals surface area contributed by atoms with Gasteiger partial charge in [-0.25, -0.2) is 0 Å². The maximum Gasteiger partial charge on any atom is 0.303 e. The average molecular weight is 192 g/mol. The zero-order chi connectivity index (χ0) is 10.1. The monoisotopic (exact) mass is 192 g/mol. The zero-order valence-corrected chi connectivity index (χ0v) is 7.73. The van der Waals surface area contributed by atoms with Crippen LogP contribution in [0.2, 0.25) is 0 Å². The molecule has 0 unspecified atom stereocenters. The number of phenolic OH excluding ortho intramolecular Hbond substituents is 1. The number of carboxylic acid groups (broad SMARTS) is 1. The van der Waals surface area contributed by atoms with Crippen LogP contribution >= 0.6 is 0 Å². The lowest BCUT2D eigenvalue weighted by Gasteiger charge is -2.07. The Hall–Kier alpha value is -1.51. The first-order chi connectivity index (χ1) is 6.66. The molecule has 0 radical (unpaired) electrons. The van der Waals surface area contributed by atoms with E-state index in [1.54, 1.807) is 12.1 Å². The molecule has 1 aliphatic carbocycles. The predicted octanol–water partition coefficient (Wildman–Crippen LogP) is 1.90. The lowest BCUT2D eigenvalue weighted by atomic mass is 9.98. The third-order valence-electron chi connectivity index (χ3n) is 2.75. The second kappa shape index (κ2) is 3.33. The highest BCUT2D eigenvalue weighted by molar-refractivity contribution is 5.68. The second-order valence-corrected chi connectivity index (χ2v) is 3.72. The molecule has 0 fully saturated rings. The van der Waals surface area contributed by atoms with Crippen LogP contribution in [0, 0.1) is 0 Å². The van der Waals surface area contributed by atoms with E-state index in [-0.39, 0.29) is 18.1 Å². The molecule has 0 amide bonds. The molecule has 0 bridgehead atoms. The Morgan fingerprint density at radius 3 is 3.00 bits per heavy atom. The molecule has 1 atom stereocenters. The quantitative estimate of drug-likeness (QED) is 0.752. The summed E-state index contributed by atoms with van der Waals surface area (Å²) in [6, 6.07) is 5.20. The van der Waals surface area contributed by atoms with Gasteiger partial charge in [-0.3, -0.25) is 4.79 Å². The number of rotatable bonds is 2. The molecule has 1 aliphatic rings. The molecule has 0 aromatic heterocycles. The molecule has 0 heterocycles. The van der Waals surface area contributed by atoms with Crippen LogP contribution in [0.4, 0.5) is 0 Å². The Morgan fingerprint density at radius 2 is 2.29 bits per heavy atom. The van der Waals surface area contributed by atoms with Crippen LogP contribution < -0.4 is 0 Å². The number of hydrogen-bond acceptors (Lipinski definition) is 2. The molecule has 2 rings (SSSR count). The van der Waals surface area contributed by atoms with E-state index in [4.69, 9.17) is 5.11 Å². The summed E-state index contributed by atoms with van der Waals surface area (Å²) in [5.41, 5.74) is 2.18. The van der Waals surface area contributed by atoms with E-state index in [9.17, 15) is 9.90 Å². The van der Waals surface area contributed by atoms with Crippen molar-refractivity contribution in [1.82, 2.24) is 0 Å². The first-order valence-corrected chi connectivity index (χ1v) is 4.70. The highest BCUT2D eigenvalue weighted by atomic mass is 16.4. The Balaban J connectivity index is 2.26. The van der Waals surface area contributed by atoms with Gasteiger partial charge in [0.05, 0.1) is 6.42 Å². The Morgan fingerprint density at radius 1 is 1.50 bits per heavy atom. The predicted molar refractivity (Wildman–Crippen MR) is 51.4 cm³/mol. The fourth-order valence-electron chi connectivity index (χ4n) is 2.11. The van der Waals surface area contributed by atoms with Gasteiger partial charge in [0.15, 0.2) is 0 Å². The third-order valence-corrected chi connectivity index (χ3v) is 2.75. The minimum Gasteiger partial charge on any atom is -0.508 e. The molecule has 0 saturated heterocycles.